The molecular formula is C24H23N3O5S. The summed E-state index contributed by atoms with van der Waals surface area (Å²) in [5.41, 5.74) is 1.86. The molecule has 3 aromatic rings. The summed E-state index contributed by atoms with van der Waals surface area (Å²) in [7, 11) is 1.53. The van der Waals surface area contributed by atoms with E-state index in [0.717, 1.165) is 5.56 Å². The number of hydrogen-bond donors (Lipinski definition) is 2. The van der Waals surface area contributed by atoms with Gasteiger partial charge in [0.1, 0.15) is 23.1 Å². The minimum atomic E-state index is -0.683. The molecule has 0 aliphatic rings. The molecule has 3 rings (SSSR count). The summed E-state index contributed by atoms with van der Waals surface area (Å²) in [6.07, 6.45) is 1.61. The maximum atomic E-state index is 12.5. The highest BCUT2D eigenvalue weighted by molar-refractivity contribution is 7.09. The second-order valence-electron chi connectivity index (χ2n) is 6.88. The van der Waals surface area contributed by atoms with Crippen LogP contribution in [-0.4, -0.2) is 29.9 Å². The zero-order chi connectivity index (χ0) is 23.6. The van der Waals surface area contributed by atoms with Crippen molar-refractivity contribution in [2.75, 3.05) is 12.4 Å². The van der Waals surface area contributed by atoms with Crippen LogP contribution < -0.4 is 15.4 Å². The van der Waals surface area contributed by atoms with Gasteiger partial charge >= 0.3 is 5.97 Å². The van der Waals surface area contributed by atoms with Crippen LogP contribution in [0.4, 0.5) is 5.69 Å². The fraction of sp³-hybridized carbons (Fsp3) is 0.167. The number of para-hydroxylation sites is 2. The summed E-state index contributed by atoms with van der Waals surface area (Å²) in [6.45, 7) is 1.23. The molecule has 8 nitrogen and oxygen atoms in total. The van der Waals surface area contributed by atoms with E-state index in [9.17, 15) is 14.4 Å². The Morgan fingerprint density at radius 2 is 1.79 bits per heavy atom. The van der Waals surface area contributed by atoms with Gasteiger partial charge in [0.15, 0.2) is 0 Å². The van der Waals surface area contributed by atoms with Gasteiger partial charge in [0.05, 0.1) is 24.9 Å². The zero-order valence-corrected chi connectivity index (χ0v) is 19.0. The van der Waals surface area contributed by atoms with Gasteiger partial charge in [0, 0.05) is 12.3 Å². The lowest BCUT2D eigenvalue weighted by Crippen LogP contribution is -2.26. The second kappa shape index (κ2) is 11.6. The first-order chi connectivity index (χ1) is 15.9. The number of aromatic nitrogens is 1. The van der Waals surface area contributed by atoms with Crippen molar-refractivity contribution in [3.63, 3.8) is 0 Å². The summed E-state index contributed by atoms with van der Waals surface area (Å²) in [4.78, 5) is 40.7. The number of hydrogen-bond acceptors (Lipinski definition) is 7. The molecule has 1 aromatic heterocycles. The third kappa shape index (κ3) is 7.29. The molecule has 0 unspecified atom stereocenters. The Hall–Kier alpha value is -3.98. The molecule has 0 saturated carbocycles. The largest absolute Gasteiger partial charge is 0.495 e. The third-order valence-corrected chi connectivity index (χ3v) is 5.18. The van der Waals surface area contributed by atoms with Crippen LogP contribution in [0, 0.1) is 0 Å². The first kappa shape index (κ1) is 23.7. The number of benzene rings is 2. The second-order valence-corrected chi connectivity index (χ2v) is 7.83. The predicted octanol–water partition coefficient (Wildman–Crippen LogP) is 3.55. The number of ether oxygens (including phenoxy) is 2. The number of anilines is 1. The van der Waals surface area contributed by atoms with Crippen molar-refractivity contribution in [1.29, 1.82) is 0 Å². The molecule has 0 saturated heterocycles. The molecule has 0 aliphatic carbocycles. The fourth-order valence-corrected chi connectivity index (χ4v) is 3.62. The Labute approximate surface area is 195 Å². The van der Waals surface area contributed by atoms with Gasteiger partial charge in [-0.25, -0.2) is 9.78 Å². The van der Waals surface area contributed by atoms with E-state index in [2.05, 4.69) is 15.6 Å². The van der Waals surface area contributed by atoms with E-state index in [4.69, 9.17) is 9.47 Å². The molecule has 2 aromatic carbocycles. The minimum Gasteiger partial charge on any atom is -0.495 e. The Bertz CT molecular complexity index is 1160. The lowest BCUT2D eigenvalue weighted by atomic mass is 10.2. The van der Waals surface area contributed by atoms with Crippen LogP contribution in [-0.2, 0) is 32.1 Å². The van der Waals surface area contributed by atoms with Gasteiger partial charge in [0.25, 0.3) is 0 Å². The predicted molar refractivity (Wildman–Crippen MR) is 125 cm³/mol. The molecule has 0 fully saturated rings. The van der Waals surface area contributed by atoms with Crippen molar-refractivity contribution in [2.24, 2.45) is 0 Å². The Morgan fingerprint density at radius 1 is 1.06 bits per heavy atom. The number of rotatable bonds is 9. The molecule has 0 radical (unpaired) electrons. The first-order valence-corrected chi connectivity index (χ1v) is 10.9. The van der Waals surface area contributed by atoms with Crippen molar-refractivity contribution in [3.05, 3.63) is 81.9 Å². The van der Waals surface area contributed by atoms with E-state index in [-0.39, 0.29) is 30.5 Å². The van der Waals surface area contributed by atoms with Gasteiger partial charge in [-0.15, -0.1) is 11.3 Å². The lowest BCUT2D eigenvalue weighted by molar-refractivity contribution is -0.141. The summed E-state index contributed by atoms with van der Waals surface area (Å²) in [5, 5.41) is 7.59. The number of carbonyl (C=O) groups excluding carboxylic acids is 3. The van der Waals surface area contributed by atoms with Crippen molar-refractivity contribution in [2.45, 2.75) is 20.0 Å². The summed E-state index contributed by atoms with van der Waals surface area (Å²) in [6, 6.07) is 16.2. The molecular weight excluding hydrogens is 442 g/mol. The molecule has 1 heterocycles. The highest BCUT2D eigenvalue weighted by atomic mass is 32.1. The van der Waals surface area contributed by atoms with Crippen LogP contribution >= 0.6 is 11.3 Å². The van der Waals surface area contributed by atoms with Gasteiger partial charge in [-0.1, -0.05) is 42.5 Å². The molecule has 33 heavy (non-hydrogen) atoms. The van der Waals surface area contributed by atoms with E-state index in [0.29, 0.717) is 22.1 Å². The number of amides is 2. The van der Waals surface area contributed by atoms with Crippen LogP contribution in [0.15, 0.2) is 65.7 Å². The van der Waals surface area contributed by atoms with E-state index < -0.39 is 5.97 Å². The molecule has 0 atom stereocenters. The van der Waals surface area contributed by atoms with Gasteiger partial charge < -0.3 is 20.1 Å². The highest BCUT2D eigenvalue weighted by Crippen LogP contribution is 2.23. The zero-order valence-electron chi connectivity index (χ0n) is 18.2. The van der Waals surface area contributed by atoms with Crippen LogP contribution in [0.25, 0.3) is 6.08 Å². The Morgan fingerprint density at radius 3 is 2.52 bits per heavy atom. The highest BCUT2D eigenvalue weighted by Gasteiger charge is 2.15. The number of thiazole rings is 1. The molecule has 0 aliphatic heterocycles. The summed E-state index contributed by atoms with van der Waals surface area (Å²) in [5.74, 6) is -0.740. The molecule has 170 valence electrons. The molecule has 0 bridgehead atoms. The quantitative estimate of drug-likeness (QED) is 0.370. The lowest BCUT2D eigenvalue weighted by Gasteiger charge is -2.09. The van der Waals surface area contributed by atoms with Crippen molar-refractivity contribution < 1.29 is 23.9 Å². The molecule has 2 N–H and O–H groups in total. The monoisotopic (exact) mass is 465 g/mol. The van der Waals surface area contributed by atoms with E-state index >= 15 is 0 Å². The van der Waals surface area contributed by atoms with E-state index in [1.807, 2.05) is 24.3 Å². The SMILES string of the molecule is COc1ccccc1NC(=O)Cc1nc(COC(=O)/C(=C\c2ccccc2)NC(C)=O)cs1. The Balaban J connectivity index is 1.58. The van der Waals surface area contributed by atoms with Gasteiger partial charge in [-0.2, -0.15) is 0 Å². The molecule has 0 spiro atoms. The normalized spacial score (nSPS) is 10.9. The van der Waals surface area contributed by atoms with Crippen LogP contribution in [0.3, 0.4) is 0 Å². The van der Waals surface area contributed by atoms with Gasteiger partial charge in [0.2, 0.25) is 11.8 Å². The number of methoxy groups -OCH3 is 1. The van der Waals surface area contributed by atoms with Crippen molar-refractivity contribution in [1.82, 2.24) is 10.3 Å². The van der Waals surface area contributed by atoms with Gasteiger partial charge in [-0.05, 0) is 23.8 Å². The first-order valence-electron chi connectivity index (χ1n) is 10.0. The average Bonchev–Trinajstić information content (AvgIpc) is 3.24. The minimum absolute atomic E-state index is 0.0281. The number of nitrogens with one attached hydrogen (secondary N) is 2. The van der Waals surface area contributed by atoms with Crippen LogP contribution in [0.1, 0.15) is 23.2 Å². The molecule has 9 heteroatoms. The number of carbonyl (C=O) groups is 3. The smallest absolute Gasteiger partial charge is 0.355 e. The fourth-order valence-electron chi connectivity index (χ4n) is 2.84. The third-order valence-electron chi connectivity index (χ3n) is 4.28. The topological polar surface area (TPSA) is 107 Å². The average molecular weight is 466 g/mol. The summed E-state index contributed by atoms with van der Waals surface area (Å²) < 4.78 is 10.5. The van der Waals surface area contributed by atoms with E-state index in [1.54, 1.807) is 41.8 Å². The Kier molecular flexibility index (Phi) is 8.31. The number of nitrogens with zero attached hydrogens (tertiary/aromatic N) is 1. The van der Waals surface area contributed by atoms with Crippen LogP contribution in [0.5, 0.6) is 5.75 Å². The van der Waals surface area contributed by atoms with Gasteiger partial charge in [-0.3, -0.25) is 9.59 Å². The maximum Gasteiger partial charge on any atom is 0.355 e. The molecule has 2 amide bonds. The number of esters is 1. The standard InChI is InChI=1S/C24H23N3O5S/c1-16(28)25-20(12-17-8-4-3-5-9-17)24(30)32-14-18-15-33-23(26-18)13-22(29)27-19-10-6-7-11-21(19)31-2/h3-12,15H,13-14H2,1-2H3,(H,25,28)(H,27,29)/b20-12+. The van der Waals surface area contributed by atoms with Crippen LogP contribution in [0.2, 0.25) is 0 Å². The van der Waals surface area contributed by atoms with E-state index in [1.165, 1.54) is 25.4 Å². The van der Waals surface area contributed by atoms with Crippen molar-refractivity contribution >= 4 is 40.9 Å². The summed E-state index contributed by atoms with van der Waals surface area (Å²) >= 11 is 1.29. The van der Waals surface area contributed by atoms with Crippen molar-refractivity contribution in [3.8, 4) is 5.75 Å². The maximum absolute atomic E-state index is 12.5.